The van der Waals surface area contributed by atoms with E-state index in [1.807, 2.05) is 0 Å². The summed E-state index contributed by atoms with van der Waals surface area (Å²) in [5, 5.41) is 18.0. The third-order valence-corrected chi connectivity index (χ3v) is 3.16. The van der Waals surface area contributed by atoms with Crippen LogP contribution in [0.25, 0.3) is 0 Å². The molecule has 0 unspecified atom stereocenters. The zero-order valence-electron chi connectivity index (χ0n) is 13.2. The lowest BCUT2D eigenvalue weighted by atomic mass is 10.1. The van der Waals surface area contributed by atoms with Gasteiger partial charge in [-0.15, -0.1) is 0 Å². The summed E-state index contributed by atoms with van der Waals surface area (Å²) in [7, 11) is 0. The number of hydrogen-bond donors (Lipinski definition) is 2. The number of carboxylic acids is 1. The minimum Gasteiger partial charge on any atom is -0.481 e. The van der Waals surface area contributed by atoms with Crippen molar-refractivity contribution < 1.29 is 15.0 Å². The van der Waals surface area contributed by atoms with E-state index in [-0.39, 0.29) is 6.42 Å². The van der Waals surface area contributed by atoms with E-state index < -0.39 is 12.1 Å². The lowest BCUT2D eigenvalue weighted by molar-refractivity contribution is -0.137. The molecule has 0 fully saturated rings. The molecule has 0 radical (unpaired) electrons. The smallest absolute Gasteiger partial charge is 0.303 e. The van der Waals surface area contributed by atoms with Crippen LogP contribution >= 0.6 is 0 Å². The molecule has 3 nitrogen and oxygen atoms in total. The molecule has 0 spiro atoms. The fourth-order valence-corrected chi connectivity index (χ4v) is 1.91. The highest BCUT2D eigenvalue weighted by atomic mass is 16.4. The van der Waals surface area contributed by atoms with Crippen LogP contribution in [0.3, 0.4) is 0 Å². The summed E-state index contributed by atoms with van der Waals surface area (Å²) < 4.78 is 0. The van der Waals surface area contributed by atoms with Crippen molar-refractivity contribution in [3.8, 4) is 23.7 Å². The Morgan fingerprint density at radius 3 is 2.43 bits per heavy atom. The molecule has 0 heterocycles. The van der Waals surface area contributed by atoms with Gasteiger partial charge in [0, 0.05) is 12.8 Å². The normalized spacial score (nSPS) is 11.0. The van der Waals surface area contributed by atoms with Gasteiger partial charge in [-0.3, -0.25) is 4.79 Å². The largest absolute Gasteiger partial charge is 0.481 e. The Morgan fingerprint density at radius 1 is 1.00 bits per heavy atom. The van der Waals surface area contributed by atoms with E-state index in [1.54, 1.807) is 0 Å². The molecule has 0 aliphatic carbocycles. The molecule has 0 aromatic rings. The minimum absolute atomic E-state index is 0.151. The Balaban J connectivity index is 3.54. The van der Waals surface area contributed by atoms with Crippen molar-refractivity contribution in [2.45, 2.75) is 83.7 Å². The van der Waals surface area contributed by atoms with Gasteiger partial charge in [-0.05, 0) is 37.5 Å². The average Bonchev–Trinajstić information content (AvgIpc) is 2.45. The second-order valence-electron chi connectivity index (χ2n) is 5.24. The minimum atomic E-state index is -0.795. The number of unbranched alkanes of at least 4 members (excludes halogenated alkanes) is 7. The molecule has 1 atom stereocenters. The molecular weight excluding hydrogens is 264 g/mol. The van der Waals surface area contributed by atoms with Gasteiger partial charge in [-0.2, -0.15) is 0 Å². The monoisotopic (exact) mass is 292 g/mol. The van der Waals surface area contributed by atoms with Crippen LogP contribution < -0.4 is 0 Å². The molecule has 0 aromatic carbocycles. The number of aliphatic hydroxyl groups is 1. The van der Waals surface area contributed by atoms with Crippen molar-refractivity contribution in [1.82, 2.24) is 0 Å². The molecule has 0 saturated heterocycles. The van der Waals surface area contributed by atoms with Gasteiger partial charge in [0.25, 0.3) is 0 Å². The van der Waals surface area contributed by atoms with Crippen molar-refractivity contribution >= 4 is 5.97 Å². The van der Waals surface area contributed by atoms with E-state index in [2.05, 4.69) is 30.6 Å². The predicted octanol–water partition coefficient (Wildman–Crippen LogP) is 3.75. The highest BCUT2D eigenvalue weighted by Crippen LogP contribution is 2.06. The lowest BCUT2D eigenvalue weighted by Crippen LogP contribution is -2.03. The predicted molar refractivity (Wildman–Crippen MR) is 85.7 cm³/mol. The van der Waals surface area contributed by atoms with Crippen molar-refractivity contribution in [3.05, 3.63) is 0 Å². The molecule has 0 rings (SSSR count). The molecule has 0 bridgehead atoms. The van der Waals surface area contributed by atoms with E-state index in [0.29, 0.717) is 19.3 Å². The van der Waals surface area contributed by atoms with Crippen molar-refractivity contribution in [3.63, 3.8) is 0 Å². The van der Waals surface area contributed by atoms with Crippen LogP contribution in [0.1, 0.15) is 77.6 Å². The summed E-state index contributed by atoms with van der Waals surface area (Å²) in [6, 6.07) is 0. The maximum atomic E-state index is 10.3. The summed E-state index contributed by atoms with van der Waals surface area (Å²) in [5.41, 5.74) is 0. The van der Waals surface area contributed by atoms with Gasteiger partial charge >= 0.3 is 5.97 Å². The van der Waals surface area contributed by atoms with Crippen molar-refractivity contribution in [2.75, 3.05) is 0 Å². The van der Waals surface area contributed by atoms with Crippen LogP contribution in [0.15, 0.2) is 0 Å². The first kappa shape index (κ1) is 19.6. The lowest BCUT2D eigenvalue weighted by Gasteiger charge is -2.00. The van der Waals surface area contributed by atoms with Gasteiger partial charge in [0.15, 0.2) is 0 Å². The van der Waals surface area contributed by atoms with Crippen LogP contribution in [0.2, 0.25) is 0 Å². The third kappa shape index (κ3) is 16.5. The van der Waals surface area contributed by atoms with E-state index in [4.69, 9.17) is 5.11 Å². The second kappa shape index (κ2) is 14.9. The fourth-order valence-electron chi connectivity index (χ4n) is 1.91. The van der Waals surface area contributed by atoms with Crippen LogP contribution in [0.5, 0.6) is 0 Å². The van der Waals surface area contributed by atoms with E-state index in [1.165, 1.54) is 32.1 Å². The molecule has 0 aliphatic heterocycles. The topological polar surface area (TPSA) is 57.5 Å². The SMILES string of the molecule is CCCCCCCCC#CC#C[C@@H](O)CCCCC(=O)O. The first-order valence-corrected chi connectivity index (χ1v) is 8.05. The molecule has 21 heavy (non-hydrogen) atoms. The zero-order valence-corrected chi connectivity index (χ0v) is 13.2. The molecule has 0 amide bonds. The van der Waals surface area contributed by atoms with Crippen LogP contribution in [0.4, 0.5) is 0 Å². The standard InChI is InChI=1S/C18H28O3/c1-2-3-4-5-6-7-8-9-10-11-14-17(19)15-12-13-16-18(20)21/h17,19H,2-8,12-13,15-16H2,1H3,(H,20,21)/t17-/m1/s1. The number of carboxylic acid groups (broad SMARTS) is 1. The third-order valence-electron chi connectivity index (χ3n) is 3.16. The molecule has 2 N–H and O–H groups in total. The first-order valence-electron chi connectivity index (χ1n) is 8.05. The van der Waals surface area contributed by atoms with Crippen LogP contribution in [-0.4, -0.2) is 22.3 Å². The van der Waals surface area contributed by atoms with Gasteiger partial charge in [-0.1, -0.05) is 50.9 Å². The van der Waals surface area contributed by atoms with Crippen molar-refractivity contribution in [2.24, 2.45) is 0 Å². The maximum Gasteiger partial charge on any atom is 0.303 e. The van der Waals surface area contributed by atoms with Gasteiger partial charge in [0.05, 0.1) is 0 Å². The summed E-state index contributed by atoms with van der Waals surface area (Å²) >= 11 is 0. The van der Waals surface area contributed by atoms with Gasteiger partial charge in [-0.25, -0.2) is 0 Å². The Hall–Kier alpha value is -1.45. The Labute approximate surface area is 129 Å². The molecule has 3 heteroatoms. The van der Waals surface area contributed by atoms with Crippen LogP contribution in [-0.2, 0) is 4.79 Å². The number of rotatable bonds is 11. The quantitative estimate of drug-likeness (QED) is 0.450. The fraction of sp³-hybridized carbons (Fsp3) is 0.722. The molecule has 0 saturated carbocycles. The molecular formula is C18H28O3. The molecule has 118 valence electrons. The number of carbonyl (C=O) groups is 1. The Kier molecular flexibility index (Phi) is 13.9. The Morgan fingerprint density at radius 2 is 1.71 bits per heavy atom. The van der Waals surface area contributed by atoms with Gasteiger partial charge < -0.3 is 10.2 Å². The van der Waals surface area contributed by atoms with E-state index in [0.717, 1.165) is 12.8 Å². The van der Waals surface area contributed by atoms with Crippen molar-refractivity contribution in [1.29, 1.82) is 0 Å². The average molecular weight is 292 g/mol. The molecule has 0 aliphatic rings. The van der Waals surface area contributed by atoms with E-state index >= 15 is 0 Å². The highest BCUT2D eigenvalue weighted by Gasteiger charge is 2.00. The summed E-state index contributed by atoms with van der Waals surface area (Å²) in [4.78, 5) is 10.3. The maximum absolute atomic E-state index is 10.3. The number of aliphatic carboxylic acids is 1. The summed E-state index contributed by atoms with van der Waals surface area (Å²) in [6.07, 6.45) is 9.65. The zero-order chi connectivity index (χ0) is 15.8. The summed E-state index contributed by atoms with van der Waals surface area (Å²) in [5.74, 6) is 10.3. The summed E-state index contributed by atoms with van der Waals surface area (Å²) in [6.45, 7) is 2.21. The number of hydrogen-bond acceptors (Lipinski definition) is 2. The number of aliphatic hydroxyl groups excluding tert-OH is 1. The second-order valence-corrected chi connectivity index (χ2v) is 5.24. The first-order chi connectivity index (χ1) is 10.2. The van der Waals surface area contributed by atoms with Gasteiger partial charge in [0.1, 0.15) is 6.10 Å². The van der Waals surface area contributed by atoms with Crippen LogP contribution in [0, 0.1) is 23.7 Å². The van der Waals surface area contributed by atoms with Gasteiger partial charge in [0.2, 0.25) is 0 Å². The van der Waals surface area contributed by atoms with E-state index in [9.17, 15) is 9.90 Å². The molecule has 0 aromatic heterocycles. The highest BCUT2D eigenvalue weighted by molar-refractivity contribution is 5.66. The Bertz CT molecular complexity index is 379.